The zero-order valence-corrected chi connectivity index (χ0v) is 18.6. The molecule has 2 aromatic carbocycles. The van der Waals surface area contributed by atoms with Gasteiger partial charge < -0.3 is 14.8 Å². The second kappa shape index (κ2) is 9.52. The van der Waals surface area contributed by atoms with E-state index in [0.29, 0.717) is 33.7 Å². The Morgan fingerprint density at radius 3 is 2.58 bits per heavy atom. The molecule has 0 saturated carbocycles. The van der Waals surface area contributed by atoms with Gasteiger partial charge in [-0.1, -0.05) is 36.4 Å². The minimum absolute atomic E-state index is 0.0542. The average Bonchev–Trinajstić information content (AvgIpc) is 3.27. The first-order valence-electron chi connectivity index (χ1n) is 10.5. The van der Waals surface area contributed by atoms with Crippen molar-refractivity contribution >= 4 is 28.6 Å². The molecule has 0 unspecified atom stereocenters. The molecule has 1 amide bonds. The van der Waals surface area contributed by atoms with Crippen LogP contribution in [0.15, 0.2) is 66.9 Å². The highest BCUT2D eigenvalue weighted by Crippen LogP contribution is 2.27. The van der Waals surface area contributed by atoms with Crippen LogP contribution in [0.2, 0.25) is 0 Å². The summed E-state index contributed by atoms with van der Waals surface area (Å²) in [6.45, 7) is 3.55. The minimum Gasteiger partial charge on any atom is -0.497 e. The van der Waals surface area contributed by atoms with Crippen LogP contribution in [0, 0.1) is 0 Å². The van der Waals surface area contributed by atoms with Crippen molar-refractivity contribution in [3.05, 3.63) is 72.4 Å². The number of nitrogens with zero attached hydrogens (tertiary/aromatic N) is 3. The Balaban J connectivity index is 1.58. The first-order valence-corrected chi connectivity index (χ1v) is 10.5. The molecule has 8 heteroatoms. The molecule has 8 nitrogen and oxygen atoms in total. The summed E-state index contributed by atoms with van der Waals surface area (Å²) in [6.07, 6.45) is 1.60. The van der Waals surface area contributed by atoms with Gasteiger partial charge in [-0.3, -0.25) is 4.79 Å². The topological polar surface area (TPSA) is 95.3 Å². The maximum absolute atomic E-state index is 13.0. The number of benzene rings is 2. The molecule has 0 spiro atoms. The molecule has 0 aliphatic carbocycles. The van der Waals surface area contributed by atoms with Gasteiger partial charge in [0.15, 0.2) is 12.3 Å². The van der Waals surface area contributed by atoms with Crippen LogP contribution in [0.5, 0.6) is 5.75 Å². The lowest BCUT2D eigenvalue weighted by Crippen LogP contribution is -2.21. The van der Waals surface area contributed by atoms with Crippen LogP contribution in [0.25, 0.3) is 22.3 Å². The number of amides is 1. The number of aromatic nitrogens is 3. The second-order valence-electron chi connectivity index (χ2n) is 7.70. The van der Waals surface area contributed by atoms with E-state index in [1.54, 1.807) is 48.3 Å². The van der Waals surface area contributed by atoms with E-state index >= 15 is 0 Å². The normalized spacial score (nSPS) is 10.9. The molecule has 33 heavy (non-hydrogen) atoms. The predicted octanol–water partition coefficient (Wildman–Crippen LogP) is 4.48. The summed E-state index contributed by atoms with van der Waals surface area (Å²) >= 11 is 0. The fraction of sp³-hybridized carbons (Fsp3) is 0.200. The van der Waals surface area contributed by atoms with Crippen molar-refractivity contribution in [2.75, 3.05) is 19.0 Å². The van der Waals surface area contributed by atoms with Crippen molar-refractivity contribution in [3.63, 3.8) is 0 Å². The Morgan fingerprint density at radius 1 is 1.06 bits per heavy atom. The van der Waals surface area contributed by atoms with Crippen LogP contribution in [0.1, 0.15) is 30.2 Å². The first-order chi connectivity index (χ1) is 16.0. The van der Waals surface area contributed by atoms with Crippen molar-refractivity contribution in [2.24, 2.45) is 0 Å². The fourth-order valence-corrected chi connectivity index (χ4v) is 3.43. The van der Waals surface area contributed by atoms with E-state index in [4.69, 9.17) is 14.5 Å². The molecule has 2 aromatic heterocycles. The number of nitrogens with one attached hydrogen (secondary N) is 1. The Kier molecular flexibility index (Phi) is 6.35. The SMILES string of the molecule is COc1cccc(NC(=O)COC(=O)c2cc(-c3ccccc3)nc3c2cnn3C(C)C)c1. The van der Waals surface area contributed by atoms with E-state index in [2.05, 4.69) is 10.4 Å². The zero-order valence-electron chi connectivity index (χ0n) is 18.6. The molecule has 0 aliphatic rings. The van der Waals surface area contributed by atoms with Gasteiger partial charge in [-0.25, -0.2) is 14.5 Å². The monoisotopic (exact) mass is 444 g/mol. The van der Waals surface area contributed by atoms with Gasteiger partial charge >= 0.3 is 5.97 Å². The van der Waals surface area contributed by atoms with E-state index in [1.807, 2.05) is 44.2 Å². The van der Waals surface area contributed by atoms with Gasteiger partial charge in [0.1, 0.15) is 5.75 Å². The Morgan fingerprint density at radius 2 is 1.85 bits per heavy atom. The number of esters is 1. The number of fused-ring (bicyclic) bond motifs is 1. The molecule has 168 valence electrons. The lowest BCUT2D eigenvalue weighted by atomic mass is 10.1. The summed E-state index contributed by atoms with van der Waals surface area (Å²) < 4.78 is 12.2. The maximum atomic E-state index is 13.0. The predicted molar refractivity (Wildman–Crippen MR) is 125 cm³/mol. The van der Waals surface area contributed by atoms with Gasteiger partial charge in [-0.05, 0) is 32.0 Å². The third kappa shape index (κ3) is 4.85. The third-order valence-electron chi connectivity index (χ3n) is 5.03. The maximum Gasteiger partial charge on any atom is 0.339 e. The highest BCUT2D eigenvalue weighted by molar-refractivity contribution is 6.04. The molecule has 0 fully saturated rings. The fourth-order valence-electron chi connectivity index (χ4n) is 3.43. The summed E-state index contributed by atoms with van der Waals surface area (Å²) in [4.78, 5) is 30.1. The molecule has 4 aromatic rings. The summed E-state index contributed by atoms with van der Waals surface area (Å²) in [5.74, 6) is -0.466. The van der Waals surface area contributed by atoms with Crippen LogP contribution in [0.4, 0.5) is 5.69 Å². The number of hydrogen-bond acceptors (Lipinski definition) is 6. The number of rotatable bonds is 7. The second-order valence-corrected chi connectivity index (χ2v) is 7.70. The van der Waals surface area contributed by atoms with Crippen LogP contribution >= 0.6 is 0 Å². The smallest absolute Gasteiger partial charge is 0.339 e. The standard InChI is InChI=1S/C25H24N4O4/c1-16(2)29-24-21(14-26-29)20(13-22(28-24)17-8-5-4-6-9-17)25(31)33-15-23(30)27-18-10-7-11-19(12-18)32-3/h4-14,16H,15H2,1-3H3,(H,27,30). The Bertz CT molecular complexity index is 1300. The largest absolute Gasteiger partial charge is 0.497 e. The highest BCUT2D eigenvalue weighted by atomic mass is 16.5. The quantitative estimate of drug-likeness (QED) is 0.422. The molecule has 4 rings (SSSR count). The number of ether oxygens (including phenoxy) is 2. The van der Waals surface area contributed by atoms with Crippen LogP contribution in [-0.4, -0.2) is 40.4 Å². The van der Waals surface area contributed by atoms with Gasteiger partial charge in [0.2, 0.25) is 0 Å². The number of methoxy groups -OCH3 is 1. The molecular formula is C25H24N4O4. The van der Waals surface area contributed by atoms with Gasteiger partial charge in [-0.15, -0.1) is 0 Å². The summed E-state index contributed by atoms with van der Waals surface area (Å²) in [5, 5.41) is 7.66. The number of carbonyl (C=O) groups is 2. The molecule has 1 N–H and O–H groups in total. The lowest BCUT2D eigenvalue weighted by molar-refractivity contribution is -0.119. The molecule has 0 atom stereocenters. The lowest BCUT2D eigenvalue weighted by Gasteiger charge is -2.11. The summed E-state index contributed by atoms with van der Waals surface area (Å²) in [5.41, 5.74) is 2.92. The highest BCUT2D eigenvalue weighted by Gasteiger charge is 2.20. The van der Waals surface area contributed by atoms with Gasteiger partial charge in [0, 0.05) is 23.4 Å². The molecule has 2 heterocycles. The number of hydrogen-bond donors (Lipinski definition) is 1. The minimum atomic E-state index is -0.622. The summed E-state index contributed by atoms with van der Waals surface area (Å²) in [6, 6.07) is 18.2. The van der Waals surface area contributed by atoms with E-state index in [0.717, 1.165) is 5.56 Å². The van der Waals surface area contributed by atoms with Crippen LogP contribution in [-0.2, 0) is 9.53 Å². The Labute approximate surface area is 191 Å². The van der Waals surface area contributed by atoms with E-state index < -0.39 is 18.5 Å². The third-order valence-corrected chi connectivity index (χ3v) is 5.03. The summed E-state index contributed by atoms with van der Waals surface area (Å²) in [7, 11) is 1.54. The van der Waals surface area contributed by atoms with Crippen LogP contribution in [0.3, 0.4) is 0 Å². The van der Waals surface area contributed by atoms with Gasteiger partial charge in [-0.2, -0.15) is 5.10 Å². The molecular weight excluding hydrogens is 420 g/mol. The average molecular weight is 444 g/mol. The Hall–Kier alpha value is -4.20. The van der Waals surface area contributed by atoms with E-state index in [1.165, 1.54) is 0 Å². The van der Waals surface area contributed by atoms with Crippen molar-refractivity contribution < 1.29 is 19.1 Å². The molecule has 0 radical (unpaired) electrons. The number of anilines is 1. The van der Waals surface area contributed by atoms with Crippen molar-refractivity contribution in [2.45, 2.75) is 19.9 Å². The van der Waals surface area contributed by atoms with Crippen molar-refractivity contribution in [1.82, 2.24) is 14.8 Å². The van der Waals surface area contributed by atoms with Crippen molar-refractivity contribution in [1.29, 1.82) is 0 Å². The molecule has 0 bridgehead atoms. The van der Waals surface area contributed by atoms with Crippen LogP contribution < -0.4 is 10.1 Å². The molecule has 0 aliphatic heterocycles. The number of carbonyl (C=O) groups excluding carboxylic acids is 2. The zero-order chi connectivity index (χ0) is 23.4. The van der Waals surface area contributed by atoms with E-state index in [-0.39, 0.29) is 6.04 Å². The number of pyridine rings is 1. The molecule has 0 saturated heterocycles. The van der Waals surface area contributed by atoms with Gasteiger partial charge in [0.25, 0.3) is 5.91 Å². The van der Waals surface area contributed by atoms with Crippen molar-refractivity contribution in [3.8, 4) is 17.0 Å². The van der Waals surface area contributed by atoms with E-state index in [9.17, 15) is 9.59 Å². The first kappa shape index (κ1) is 22.0. The van der Waals surface area contributed by atoms with Gasteiger partial charge in [0.05, 0.1) is 30.0 Å².